The molecule has 6 heteroatoms. The smallest absolute Gasteiger partial charge is 0.329 e. The van der Waals surface area contributed by atoms with Gasteiger partial charge in [-0.3, -0.25) is 0 Å². The Morgan fingerprint density at radius 3 is 2.40 bits per heavy atom. The average Bonchev–Trinajstić information content (AvgIpc) is 2.38. The zero-order valence-electron chi connectivity index (χ0n) is 11.6. The standard InChI is InChI=1S/C14H19FN2O3/c1-3-8-14(2,12(18)19)17-13(20)16-9-10-4-6-11(15)7-5-10/h4-7H,3,8-9H2,1-2H3,(H,18,19)(H2,16,17,20). The van der Waals surface area contributed by atoms with Crippen LogP contribution in [-0.2, 0) is 11.3 Å². The van der Waals surface area contributed by atoms with Crippen LogP contribution in [0.1, 0.15) is 32.3 Å². The highest BCUT2D eigenvalue weighted by Crippen LogP contribution is 2.12. The van der Waals surface area contributed by atoms with E-state index < -0.39 is 17.5 Å². The SMILES string of the molecule is CCCC(C)(NC(=O)NCc1ccc(F)cc1)C(=O)O. The summed E-state index contributed by atoms with van der Waals surface area (Å²) in [6.07, 6.45) is 0.980. The normalized spacial score (nSPS) is 13.3. The Labute approximate surface area is 117 Å². The van der Waals surface area contributed by atoms with Crippen molar-refractivity contribution in [3.63, 3.8) is 0 Å². The highest BCUT2D eigenvalue weighted by Gasteiger charge is 2.33. The number of carbonyl (C=O) groups is 2. The average molecular weight is 282 g/mol. The molecule has 1 atom stereocenters. The minimum atomic E-state index is -1.29. The molecule has 0 radical (unpaired) electrons. The molecule has 1 unspecified atom stereocenters. The van der Waals surface area contributed by atoms with Gasteiger partial charge in [0.25, 0.3) is 0 Å². The summed E-state index contributed by atoms with van der Waals surface area (Å²) >= 11 is 0. The second-order valence-electron chi connectivity index (χ2n) is 4.82. The lowest BCUT2D eigenvalue weighted by Crippen LogP contribution is -2.55. The molecule has 1 aromatic rings. The lowest BCUT2D eigenvalue weighted by Gasteiger charge is -2.25. The van der Waals surface area contributed by atoms with Crippen molar-refractivity contribution in [2.24, 2.45) is 0 Å². The first kappa shape index (κ1) is 15.9. The second kappa shape index (κ2) is 6.88. The molecule has 3 N–H and O–H groups in total. The first-order valence-corrected chi connectivity index (χ1v) is 6.41. The van der Waals surface area contributed by atoms with Crippen LogP contribution in [-0.4, -0.2) is 22.6 Å². The Morgan fingerprint density at radius 2 is 1.90 bits per heavy atom. The minimum absolute atomic E-state index is 0.202. The van der Waals surface area contributed by atoms with Crippen molar-refractivity contribution >= 4 is 12.0 Å². The summed E-state index contributed by atoms with van der Waals surface area (Å²) < 4.78 is 12.7. The summed E-state index contributed by atoms with van der Waals surface area (Å²) in [6.45, 7) is 3.52. The maximum atomic E-state index is 12.7. The van der Waals surface area contributed by atoms with Gasteiger partial charge in [-0.2, -0.15) is 0 Å². The summed E-state index contributed by atoms with van der Waals surface area (Å²) in [5, 5.41) is 14.1. The van der Waals surface area contributed by atoms with E-state index in [-0.39, 0.29) is 12.4 Å². The molecule has 1 aromatic carbocycles. The van der Waals surface area contributed by atoms with Crippen molar-refractivity contribution in [2.45, 2.75) is 38.8 Å². The van der Waals surface area contributed by atoms with E-state index in [9.17, 15) is 14.0 Å². The van der Waals surface area contributed by atoms with Crippen molar-refractivity contribution in [3.05, 3.63) is 35.6 Å². The molecular weight excluding hydrogens is 263 g/mol. The number of hydrogen-bond acceptors (Lipinski definition) is 2. The van der Waals surface area contributed by atoms with Crippen LogP contribution in [0.4, 0.5) is 9.18 Å². The number of halogens is 1. The fourth-order valence-corrected chi connectivity index (χ4v) is 1.80. The number of amides is 2. The van der Waals surface area contributed by atoms with Gasteiger partial charge in [-0.05, 0) is 31.0 Å². The number of hydrogen-bond donors (Lipinski definition) is 3. The lowest BCUT2D eigenvalue weighted by molar-refractivity contribution is -0.144. The van der Waals surface area contributed by atoms with Gasteiger partial charge in [-0.15, -0.1) is 0 Å². The predicted molar refractivity (Wildman–Crippen MR) is 72.7 cm³/mol. The van der Waals surface area contributed by atoms with Gasteiger partial charge >= 0.3 is 12.0 Å². The first-order chi connectivity index (χ1) is 9.37. The summed E-state index contributed by atoms with van der Waals surface area (Å²) in [5.41, 5.74) is -0.559. The van der Waals surface area contributed by atoms with Gasteiger partial charge in [0, 0.05) is 6.54 Å². The molecule has 0 heterocycles. The fraction of sp³-hybridized carbons (Fsp3) is 0.429. The molecule has 110 valence electrons. The zero-order valence-corrected chi connectivity index (χ0v) is 11.6. The number of nitrogens with one attached hydrogen (secondary N) is 2. The van der Waals surface area contributed by atoms with E-state index in [1.807, 2.05) is 6.92 Å². The Balaban J connectivity index is 2.54. The number of carboxylic acids is 1. The van der Waals surface area contributed by atoms with Crippen LogP contribution in [0.2, 0.25) is 0 Å². The van der Waals surface area contributed by atoms with E-state index in [0.29, 0.717) is 12.8 Å². The maximum Gasteiger partial charge on any atom is 0.329 e. The molecule has 0 spiro atoms. The number of carbonyl (C=O) groups excluding carboxylic acids is 1. The van der Waals surface area contributed by atoms with Crippen molar-refractivity contribution in [1.82, 2.24) is 10.6 Å². The number of aliphatic carboxylic acids is 1. The second-order valence-corrected chi connectivity index (χ2v) is 4.82. The molecule has 20 heavy (non-hydrogen) atoms. The van der Waals surface area contributed by atoms with Crippen LogP contribution in [0.25, 0.3) is 0 Å². The van der Waals surface area contributed by atoms with Gasteiger partial charge in [0.05, 0.1) is 0 Å². The van der Waals surface area contributed by atoms with E-state index in [1.54, 1.807) is 12.1 Å². The van der Waals surface area contributed by atoms with Gasteiger partial charge < -0.3 is 15.7 Å². The molecule has 0 saturated heterocycles. The number of urea groups is 1. The number of rotatable bonds is 6. The quantitative estimate of drug-likeness (QED) is 0.749. The Bertz CT molecular complexity index is 476. The Hall–Kier alpha value is -2.11. The summed E-state index contributed by atoms with van der Waals surface area (Å²) in [5.74, 6) is -1.42. The van der Waals surface area contributed by atoms with Crippen LogP contribution in [0.5, 0.6) is 0 Å². The highest BCUT2D eigenvalue weighted by molar-refractivity contribution is 5.85. The van der Waals surface area contributed by atoms with Gasteiger partial charge in [0.15, 0.2) is 0 Å². The predicted octanol–water partition coefficient (Wildman–Crippen LogP) is 2.27. The first-order valence-electron chi connectivity index (χ1n) is 6.41. The van der Waals surface area contributed by atoms with Gasteiger partial charge in [0.1, 0.15) is 11.4 Å². The third kappa shape index (κ3) is 4.53. The molecule has 1 rings (SSSR count). The summed E-state index contributed by atoms with van der Waals surface area (Å²) in [7, 11) is 0. The van der Waals surface area contributed by atoms with Crippen LogP contribution >= 0.6 is 0 Å². The monoisotopic (exact) mass is 282 g/mol. The molecule has 5 nitrogen and oxygen atoms in total. The van der Waals surface area contributed by atoms with Gasteiger partial charge in [-0.25, -0.2) is 14.0 Å². The van der Waals surface area contributed by atoms with Crippen molar-refractivity contribution in [2.75, 3.05) is 0 Å². The van der Waals surface area contributed by atoms with E-state index in [2.05, 4.69) is 10.6 Å². The molecule has 0 aliphatic carbocycles. The molecule has 0 aliphatic rings. The zero-order chi connectivity index (χ0) is 15.2. The van der Waals surface area contributed by atoms with E-state index in [1.165, 1.54) is 19.1 Å². The molecule has 0 aromatic heterocycles. The molecule has 0 fully saturated rings. The van der Waals surface area contributed by atoms with Crippen LogP contribution in [0.3, 0.4) is 0 Å². The summed E-state index contributed by atoms with van der Waals surface area (Å²) in [4.78, 5) is 22.9. The van der Waals surface area contributed by atoms with Crippen LogP contribution < -0.4 is 10.6 Å². The molecule has 0 aliphatic heterocycles. The van der Waals surface area contributed by atoms with Crippen molar-refractivity contribution in [1.29, 1.82) is 0 Å². The van der Waals surface area contributed by atoms with Crippen molar-refractivity contribution in [3.8, 4) is 0 Å². The fourth-order valence-electron chi connectivity index (χ4n) is 1.80. The topological polar surface area (TPSA) is 78.4 Å². The maximum absolute atomic E-state index is 12.7. The third-order valence-electron chi connectivity index (χ3n) is 2.98. The van der Waals surface area contributed by atoms with E-state index in [4.69, 9.17) is 5.11 Å². The Kier molecular flexibility index (Phi) is 5.49. The van der Waals surface area contributed by atoms with Crippen LogP contribution in [0, 0.1) is 5.82 Å². The summed E-state index contributed by atoms with van der Waals surface area (Å²) in [6, 6.07) is 5.14. The van der Waals surface area contributed by atoms with Crippen molar-refractivity contribution < 1.29 is 19.1 Å². The van der Waals surface area contributed by atoms with Gasteiger partial charge in [-0.1, -0.05) is 25.5 Å². The minimum Gasteiger partial charge on any atom is -0.480 e. The molecule has 0 saturated carbocycles. The third-order valence-corrected chi connectivity index (χ3v) is 2.98. The lowest BCUT2D eigenvalue weighted by atomic mass is 9.97. The Morgan fingerprint density at radius 1 is 1.30 bits per heavy atom. The highest BCUT2D eigenvalue weighted by atomic mass is 19.1. The van der Waals surface area contributed by atoms with E-state index in [0.717, 1.165) is 5.56 Å². The van der Waals surface area contributed by atoms with Crippen LogP contribution in [0.15, 0.2) is 24.3 Å². The van der Waals surface area contributed by atoms with Gasteiger partial charge in [0.2, 0.25) is 0 Å². The molecule has 2 amide bonds. The number of benzene rings is 1. The number of carboxylic acid groups (broad SMARTS) is 1. The molecule has 0 bridgehead atoms. The van der Waals surface area contributed by atoms with E-state index >= 15 is 0 Å². The molecular formula is C14H19FN2O3. The largest absolute Gasteiger partial charge is 0.480 e.